The number of anilines is 2. The van der Waals surface area contributed by atoms with E-state index in [1.165, 1.54) is 72.8 Å². The summed E-state index contributed by atoms with van der Waals surface area (Å²) in [7, 11) is 0. The number of nitrogens with zero attached hydrogens (tertiary/aromatic N) is 6. The number of aromatic nitrogens is 2. The molecule has 0 spiro atoms. The van der Waals surface area contributed by atoms with Gasteiger partial charge in [-0.2, -0.15) is 0 Å². The van der Waals surface area contributed by atoms with Gasteiger partial charge in [0.1, 0.15) is 23.0 Å². The molecule has 0 saturated heterocycles. The second-order valence-corrected chi connectivity index (χ2v) is 14.9. The molecule has 0 aliphatic carbocycles. The van der Waals surface area contributed by atoms with Gasteiger partial charge in [-0.25, -0.2) is 19.8 Å². The van der Waals surface area contributed by atoms with Crippen LogP contribution in [-0.2, 0) is 0 Å². The van der Waals surface area contributed by atoms with Crippen molar-refractivity contribution in [1.29, 1.82) is 0 Å². The number of carbonyl (C=O) groups is 4. The first kappa shape index (κ1) is 40.4. The number of hydrogen-bond donors (Lipinski definition) is 0. The molecule has 7 aromatic carbocycles. The summed E-state index contributed by atoms with van der Waals surface area (Å²) in [6, 6.07) is 44.7. The Balaban J connectivity index is 0.892. The topological polar surface area (TPSA) is 205 Å². The fourth-order valence-corrected chi connectivity index (χ4v) is 7.60. The van der Waals surface area contributed by atoms with Gasteiger partial charge in [0.15, 0.2) is 5.82 Å². The van der Waals surface area contributed by atoms with Crippen LogP contribution in [0, 0.1) is 20.2 Å². The molecule has 0 radical (unpaired) electrons. The van der Waals surface area contributed by atoms with Gasteiger partial charge in [0, 0.05) is 41.0 Å². The van der Waals surface area contributed by atoms with Crippen molar-refractivity contribution in [3.63, 3.8) is 0 Å². The monoisotopic (exact) mass is 872 g/mol. The minimum absolute atomic E-state index is 0.0974. The van der Waals surface area contributed by atoms with Crippen LogP contribution in [0.3, 0.4) is 0 Å². The Bertz CT molecular complexity index is 3130. The van der Waals surface area contributed by atoms with Gasteiger partial charge in [0.25, 0.3) is 35.0 Å². The van der Waals surface area contributed by atoms with Crippen molar-refractivity contribution in [1.82, 2.24) is 9.97 Å². The highest BCUT2D eigenvalue weighted by Gasteiger charge is 2.38. The average molecular weight is 873 g/mol. The molecule has 2 aliphatic rings. The van der Waals surface area contributed by atoms with E-state index in [9.17, 15) is 39.4 Å². The molecule has 3 heterocycles. The fraction of sp³-hybridized carbons (Fsp3) is 0. The molecule has 2 aliphatic heterocycles. The van der Waals surface area contributed by atoms with Crippen LogP contribution in [0.5, 0.6) is 23.0 Å². The summed E-state index contributed by atoms with van der Waals surface area (Å²) in [5.41, 5.74) is 4.30. The molecule has 16 heteroatoms. The third-order valence-corrected chi connectivity index (χ3v) is 10.9. The average Bonchev–Trinajstić information content (AvgIpc) is 3.74. The van der Waals surface area contributed by atoms with Gasteiger partial charge in [0.05, 0.1) is 54.9 Å². The first-order chi connectivity index (χ1) is 32.0. The van der Waals surface area contributed by atoms with E-state index in [0.29, 0.717) is 51.2 Å². The second-order valence-electron chi connectivity index (χ2n) is 14.9. The van der Waals surface area contributed by atoms with Crippen molar-refractivity contribution < 1.29 is 38.5 Å². The molecule has 0 fully saturated rings. The molecule has 0 N–H and O–H groups in total. The van der Waals surface area contributed by atoms with Crippen LogP contribution in [0.1, 0.15) is 41.4 Å². The number of ether oxygens (including phenoxy) is 2. The van der Waals surface area contributed by atoms with E-state index >= 15 is 0 Å². The zero-order chi connectivity index (χ0) is 45.6. The predicted octanol–water partition coefficient (Wildman–Crippen LogP) is 10.5. The zero-order valence-electron chi connectivity index (χ0n) is 33.9. The Morgan fingerprint density at radius 1 is 0.394 bits per heavy atom. The summed E-state index contributed by atoms with van der Waals surface area (Å²) in [4.78, 5) is 87.4. The van der Waals surface area contributed by atoms with Crippen LogP contribution >= 0.6 is 0 Å². The van der Waals surface area contributed by atoms with Crippen LogP contribution < -0.4 is 19.3 Å². The summed E-state index contributed by atoms with van der Waals surface area (Å²) in [6.07, 6.45) is 0. The largest absolute Gasteiger partial charge is 0.457 e. The first-order valence-electron chi connectivity index (χ1n) is 20.0. The van der Waals surface area contributed by atoms with Crippen LogP contribution in [0.2, 0.25) is 0 Å². The summed E-state index contributed by atoms with van der Waals surface area (Å²) in [6.45, 7) is 0. The van der Waals surface area contributed by atoms with Gasteiger partial charge >= 0.3 is 0 Å². The molecule has 1 aromatic heterocycles. The number of imide groups is 2. The molecular weight excluding hydrogens is 845 g/mol. The summed E-state index contributed by atoms with van der Waals surface area (Å²) in [5.74, 6) is -0.500. The number of nitro benzene ring substituents is 2. The van der Waals surface area contributed by atoms with Crippen molar-refractivity contribution in [2.24, 2.45) is 0 Å². The van der Waals surface area contributed by atoms with Gasteiger partial charge in [-0.1, -0.05) is 54.6 Å². The lowest BCUT2D eigenvalue weighted by molar-refractivity contribution is -0.385. The third-order valence-electron chi connectivity index (χ3n) is 10.9. The van der Waals surface area contributed by atoms with Gasteiger partial charge < -0.3 is 9.47 Å². The second kappa shape index (κ2) is 16.2. The van der Waals surface area contributed by atoms with E-state index in [1.54, 1.807) is 66.7 Å². The lowest BCUT2D eigenvalue weighted by atomic mass is 10.1. The first-order valence-corrected chi connectivity index (χ1v) is 20.0. The highest BCUT2D eigenvalue weighted by Crippen LogP contribution is 2.37. The maximum atomic E-state index is 13.7. The Morgan fingerprint density at radius 2 is 0.773 bits per heavy atom. The molecule has 0 saturated carbocycles. The lowest BCUT2D eigenvalue weighted by Crippen LogP contribution is -2.29. The molecule has 8 aromatic rings. The molecular formula is C50H28N6O10. The third kappa shape index (κ3) is 7.41. The van der Waals surface area contributed by atoms with Crippen LogP contribution in [-0.4, -0.2) is 43.4 Å². The highest BCUT2D eigenvalue weighted by atomic mass is 16.6. The van der Waals surface area contributed by atoms with Gasteiger partial charge in [-0.05, 0) is 91.0 Å². The Morgan fingerprint density at radius 3 is 1.17 bits per heavy atom. The van der Waals surface area contributed by atoms with Gasteiger partial charge in [0.2, 0.25) is 0 Å². The van der Waals surface area contributed by atoms with Crippen molar-refractivity contribution in [3.05, 3.63) is 212 Å². The number of benzene rings is 7. The Kier molecular flexibility index (Phi) is 9.92. The smallest absolute Gasteiger partial charge is 0.269 e. The standard InChI is InChI=1S/C50H28N6O10/c57-47-40-24-22-38(65-36-18-14-34(15-19-36)55(61)62)26-42(40)49(59)53(47)32-10-6-29(7-11-32)44-28-45(52-46(51-44)31-4-2-1-3-5-31)30-8-12-33(13-9-30)54-48(58)41-25-23-39(27-43(41)50(54)60)66-37-20-16-35(17-21-37)56(63)64/h1-28H. The molecule has 0 bridgehead atoms. The molecule has 66 heavy (non-hydrogen) atoms. The Labute approximate surface area is 372 Å². The highest BCUT2D eigenvalue weighted by molar-refractivity contribution is 6.35. The normalized spacial score (nSPS) is 12.8. The van der Waals surface area contributed by atoms with E-state index in [1.807, 2.05) is 30.3 Å². The summed E-state index contributed by atoms with van der Waals surface area (Å²) < 4.78 is 11.6. The lowest BCUT2D eigenvalue weighted by Gasteiger charge is -2.15. The van der Waals surface area contributed by atoms with Crippen LogP contribution in [0.4, 0.5) is 22.7 Å². The number of hydrogen-bond acceptors (Lipinski definition) is 12. The van der Waals surface area contributed by atoms with Crippen molar-refractivity contribution in [2.45, 2.75) is 0 Å². The van der Waals surface area contributed by atoms with E-state index in [4.69, 9.17) is 19.4 Å². The van der Waals surface area contributed by atoms with Crippen molar-refractivity contribution in [2.75, 3.05) is 9.80 Å². The SMILES string of the molecule is O=C1c2ccc(Oc3ccc([N+](=O)[O-])cc3)cc2C(=O)N1c1ccc(-c2cc(-c3ccc(N4C(=O)c5ccc(Oc6ccc([N+](=O)[O-])cc6)cc5C4=O)cc3)nc(-c3ccccc3)n2)cc1. The van der Waals surface area contributed by atoms with Crippen LogP contribution in [0.25, 0.3) is 33.9 Å². The molecule has 318 valence electrons. The zero-order valence-corrected chi connectivity index (χ0v) is 33.9. The number of fused-ring (bicyclic) bond motifs is 2. The van der Waals surface area contributed by atoms with Crippen molar-refractivity contribution in [3.8, 4) is 56.9 Å². The minimum atomic E-state index is -0.546. The fourth-order valence-electron chi connectivity index (χ4n) is 7.60. The number of rotatable bonds is 11. The van der Waals surface area contributed by atoms with E-state index < -0.39 is 33.5 Å². The quantitative estimate of drug-likeness (QED) is 0.0676. The van der Waals surface area contributed by atoms with E-state index in [-0.39, 0.29) is 45.1 Å². The summed E-state index contributed by atoms with van der Waals surface area (Å²) in [5, 5.41) is 22.1. The number of carbonyl (C=O) groups excluding carboxylic acids is 4. The van der Waals surface area contributed by atoms with E-state index in [0.717, 1.165) is 15.4 Å². The van der Waals surface area contributed by atoms with Gasteiger partial charge in [-0.15, -0.1) is 0 Å². The minimum Gasteiger partial charge on any atom is -0.457 e. The predicted molar refractivity (Wildman–Crippen MR) is 240 cm³/mol. The summed E-state index contributed by atoms with van der Waals surface area (Å²) >= 11 is 0. The molecule has 16 nitrogen and oxygen atoms in total. The van der Waals surface area contributed by atoms with E-state index in [2.05, 4.69) is 0 Å². The molecule has 4 amide bonds. The van der Waals surface area contributed by atoms with Crippen molar-refractivity contribution >= 4 is 46.4 Å². The van der Waals surface area contributed by atoms with Gasteiger partial charge in [-0.3, -0.25) is 39.4 Å². The Hall–Kier alpha value is -9.70. The van der Waals surface area contributed by atoms with Crippen LogP contribution in [0.15, 0.2) is 170 Å². The maximum Gasteiger partial charge on any atom is 0.269 e. The number of amides is 4. The molecule has 10 rings (SSSR count). The molecule has 0 unspecified atom stereocenters. The maximum absolute atomic E-state index is 13.7. The number of nitro groups is 2. The number of non-ortho nitro benzene ring substituents is 2. The molecule has 0 atom stereocenters.